The number of hydrogen-bond acceptors (Lipinski definition) is 13. The van der Waals surface area contributed by atoms with Crippen LogP contribution >= 0.6 is 0 Å². The molecule has 386 valence electrons. The molecule has 0 aromatic heterocycles. The average Bonchev–Trinajstić information content (AvgIpc) is 3.78. The third-order valence-electron chi connectivity index (χ3n) is 11.9. The van der Waals surface area contributed by atoms with E-state index < -0.39 is 151 Å². The number of primary amides is 2. The lowest BCUT2D eigenvalue weighted by Crippen LogP contribution is -2.62. The maximum absolute atomic E-state index is 14.5. The van der Waals surface area contributed by atoms with Crippen molar-refractivity contribution >= 4 is 70.8 Å². The van der Waals surface area contributed by atoms with E-state index in [1.807, 2.05) is 13.8 Å². The molecule has 24 heteroatoms. The lowest BCUT2D eigenvalue weighted by molar-refractivity contribution is -0.144. The first-order chi connectivity index (χ1) is 32.8. The molecule has 2 aliphatic heterocycles. The number of benzene rings is 1. The summed E-state index contributed by atoms with van der Waals surface area (Å²) < 4.78 is 0. The highest BCUT2D eigenvalue weighted by molar-refractivity contribution is 6.00. The van der Waals surface area contributed by atoms with Crippen LogP contribution in [0.25, 0.3) is 0 Å². The van der Waals surface area contributed by atoms with E-state index in [0.29, 0.717) is 18.4 Å². The van der Waals surface area contributed by atoms with Gasteiger partial charge in [-0.1, -0.05) is 46.2 Å². The molecule has 2 aliphatic rings. The van der Waals surface area contributed by atoms with Crippen LogP contribution in [0.5, 0.6) is 5.75 Å². The number of amides is 11. The van der Waals surface area contributed by atoms with Gasteiger partial charge in [0.1, 0.15) is 53.3 Å². The van der Waals surface area contributed by atoms with E-state index in [0.717, 1.165) is 4.90 Å². The number of nitrogens with one attached hydrogen (secondary N) is 8. The Balaban J connectivity index is 2.07. The third-order valence-corrected chi connectivity index (χ3v) is 11.9. The highest BCUT2D eigenvalue weighted by Gasteiger charge is 2.43. The van der Waals surface area contributed by atoms with Crippen LogP contribution in [0.1, 0.15) is 105 Å². The first kappa shape index (κ1) is 57.2. The summed E-state index contributed by atoms with van der Waals surface area (Å²) in [6.07, 6.45) is -1.92. The summed E-state index contributed by atoms with van der Waals surface area (Å²) in [4.78, 5) is 162. The van der Waals surface area contributed by atoms with Crippen molar-refractivity contribution in [1.29, 1.82) is 0 Å². The van der Waals surface area contributed by atoms with Crippen molar-refractivity contribution in [1.82, 2.24) is 47.4 Å². The summed E-state index contributed by atoms with van der Waals surface area (Å²) in [5, 5.41) is 30.1. The second-order valence-corrected chi connectivity index (χ2v) is 18.5. The Kier molecular flexibility index (Phi) is 21.7. The molecule has 3 rings (SSSR count). The van der Waals surface area contributed by atoms with Crippen LogP contribution in [0.3, 0.4) is 0 Å². The summed E-state index contributed by atoms with van der Waals surface area (Å²) >= 11 is 0. The number of likely N-dealkylation sites (tertiary alicyclic amines) is 1. The topological polar surface area (TPSA) is 377 Å². The summed E-state index contributed by atoms with van der Waals surface area (Å²) in [6.45, 7) is 8.82. The van der Waals surface area contributed by atoms with Gasteiger partial charge in [0, 0.05) is 25.8 Å². The van der Waals surface area contributed by atoms with Crippen LogP contribution < -0.4 is 54.0 Å². The van der Waals surface area contributed by atoms with Gasteiger partial charge < -0.3 is 64.0 Å². The second kappa shape index (κ2) is 26.6. The molecule has 0 bridgehead atoms. The summed E-state index contributed by atoms with van der Waals surface area (Å²) in [5.41, 5.74) is 9.87. The van der Waals surface area contributed by atoms with Crippen molar-refractivity contribution in [2.45, 2.75) is 148 Å². The molecule has 24 nitrogen and oxygen atoms in total. The van der Waals surface area contributed by atoms with Gasteiger partial charge >= 0.3 is 0 Å². The largest absolute Gasteiger partial charge is 0.508 e. The van der Waals surface area contributed by atoms with Crippen molar-refractivity contribution in [2.24, 2.45) is 23.3 Å². The lowest BCUT2D eigenvalue weighted by Gasteiger charge is -2.35. The van der Waals surface area contributed by atoms with E-state index in [1.165, 1.54) is 38.1 Å². The van der Waals surface area contributed by atoms with E-state index in [-0.39, 0.29) is 49.8 Å². The number of hydrogen-bond donors (Lipinski definition) is 11. The van der Waals surface area contributed by atoms with Crippen LogP contribution in [-0.2, 0) is 64.0 Å². The fourth-order valence-electron chi connectivity index (χ4n) is 8.13. The zero-order chi connectivity index (χ0) is 52.5. The summed E-state index contributed by atoms with van der Waals surface area (Å²) in [6, 6.07) is -3.20. The van der Waals surface area contributed by atoms with E-state index in [1.54, 1.807) is 13.8 Å². The number of nitrogens with two attached hydrogens (primary N) is 2. The van der Waals surface area contributed by atoms with Crippen LogP contribution in [-0.4, -0.2) is 142 Å². The molecule has 2 saturated heterocycles. The fraction of sp³-hybridized carbons (Fsp3) is 0.609. The number of carbonyl (C=O) groups is 12. The van der Waals surface area contributed by atoms with E-state index in [2.05, 4.69) is 42.5 Å². The van der Waals surface area contributed by atoms with Crippen LogP contribution in [0, 0.1) is 11.8 Å². The number of phenols is 1. The number of aromatic hydroxyl groups is 1. The van der Waals surface area contributed by atoms with Crippen molar-refractivity contribution in [3.05, 3.63) is 29.8 Å². The molecule has 1 aromatic carbocycles. The molecule has 8 atom stereocenters. The number of carbonyl (C=O) groups excluding carboxylic acids is 12. The van der Waals surface area contributed by atoms with Crippen LogP contribution in [0.4, 0.5) is 0 Å². The van der Waals surface area contributed by atoms with Gasteiger partial charge in [0.15, 0.2) is 0 Å². The van der Waals surface area contributed by atoms with E-state index >= 15 is 0 Å². The van der Waals surface area contributed by atoms with Gasteiger partial charge in [-0.3, -0.25) is 57.5 Å². The van der Waals surface area contributed by atoms with Gasteiger partial charge in [-0.05, 0) is 75.5 Å². The number of rotatable bonds is 17. The molecule has 0 saturated carbocycles. The van der Waals surface area contributed by atoms with Gasteiger partial charge in [-0.2, -0.15) is 0 Å². The first-order valence-corrected chi connectivity index (χ1v) is 23.4. The monoisotopic (exact) mass is 984 g/mol. The Labute approximate surface area is 406 Å². The SMILES string of the molecule is CC[C@H](C)[C@@H]1NC(=O)[C@H](Cc2ccc(O)cc2)NC(=O)CNC(=O)CC[C@@H](C(=O)N2CCC[C@H]2C(=O)N[C@@](C)(CC(C)C)C(=O)NCC(C)=O)NC(=O)[C@H](CC(N)=O)NC(=O)[C@H](CCC(N)=O)NC1=O. The molecular weight excluding hydrogens is 915 g/mol. The number of Topliss-reactive ketones (excluding diaryl/α,β-unsaturated/α-hetero) is 1. The molecule has 0 unspecified atom stereocenters. The van der Waals surface area contributed by atoms with E-state index in [4.69, 9.17) is 11.5 Å². The molecular formula is C46H69N11O13. The zero-order valence-electron chi connectivity index (χ0n) is 40.6. The Morgan fingerprint density at radius 2 is 1.44 bits per heavy atom. The second-order valence-electron chi connectivity index (χ2n) is 18.5. The highest BCUT2D eigenvalue weighted by atomic mass is 16.3. The maximum Gasteiger partial charge on any atom is 0.245 e. The van der Waals surface area contributed by atoms with Gasteiger partial charge in [0.05, 0.1) is 19.5 Å². The predicted octanol–water partition coefficient (Wildman–Crippen LogP) is -2.93. The van der Waals surface area contributed by atoms with Crippen molar-refractivity contribution in [2.75, 3.05) is 19.6 Å². The Morgan fingerprint density at radius 3 is 2.04 bits per heavy atom. The minimum Gasteiger partial charge on any atom is -0.508 e. The Hall–Kier alpha value is -7.14. The standard InChI is InChI=1S/C46H69N11O13/c1-7-25(4)38-43(68)52-29(14-16-34(47)60)39(64)54-32(20-35(48)61)40(65)53-30(15-17-36(62)49-23-37(63)51-31(41(66)55-38)19-27-10-12-28(59)13-11-27)44(69)57-18-8-9-33(57)42(67)56-46(6,21-24(2)3)45(70)50-22-26(5)58/h10-13,24-25,29-33,38,59H,7-9,14-23H2,1-6H3,(H2,47,60)(H2,48,61)(H,49,62)(H,50,70)(H,51,63)(H,52,68)(H,53,65)(H,54,64)(H,55,66)(H,56,67)/t25-,29-,30-,31-,32-,33-,38-,46-/m0/s1. The van der Waals surface area contributed by atoms with Crippen LogP contribution in [0.2, 0.25) is 0 Å². The Morgan fingerprint density at radius 1 is 0.814 bits per heavy atom. The average molecular weight is 984 g/mol. The van der Waals surface area contributed by atoms with Gasteiger partial charge in [0.2, 0.25) is 65.0 Å². The highest BCUT2D eigenvalue weighted by Crippen LogP contribution is 2.24. The molecule has 2 fully saturated rings. The van der Waals surface area contributed by atoms with Crippen molar-refractivity contribution < 1.29 is 62.6 Å². The minimum absolute atomic E-state index is 0.00763. The quantitative estimate of drug-likeness (QED) is 0.0746. The summed E-state index contributed by atoms with van der Waals surface area (Å²) in [5.74, 6) is -10.9. The molecule has 2 heterocycles. The minimum atomic E-state index is -1.81. The van der Waals surface area contributed by atoms with Gasteiger partial charge in [-0.15, -0.1) is 0 Å². The molecule has 70 heavy (non-hydrogen) atoms. The molecule has 0 aliphatic carbocycles. The smallest absolute Gasteiger partial charge is 0.245 e. The van der Waals surface area contributed by atoms with Gasteiger partial charge in [0.25, 0.3) is 0 Å². The molecule has 0 radical (unpaired) electrons. The maximum atomic E-state index is 14.5. The molecule has 1 aromatic rings. The van der Waals surface area contributed by atoms with Crippen molar-refractivity contribution in [3.63, 3.8) is 0 Å². The van der Waals surface area contributed by atoms with Crippen molar-refractivity contribution in [3.8, 4) is 5.75 Å². The number of phenolic OH excluding ortho intramolecular Hbond substituents is 1. The number of nitrogens with zero attached hydrogens (tertiary/aromatic N) is 1. The fourth-order valence-corrected chi connectivity index (χ4v) is 8.13. The predicted molar refractivity (Wildman–Crippen MR) is 250 cm³/mol. The number of ketones is 1. The van der Waals surface area contributed by atoms with E-state index in [9.17, 15) is 62.6 Å². The third kappa shape index (κ3) is 17.7. The van der Waals surface area contributed by atoms with Gasteiger partial charge in [-0.25, -0.2) is 0 Å². The Bertz CT molecular complexity index is 2140. The molecule has 0 spiro atoms. The summed E-state index contributed by atoms with van der Waals surface area (Å²) in [7, 11) is 0. The first-order valence-electron chi connectivity index (χ1n) is 23.4. The lowest BCUT2D eigenvalue weighted by atomic mass is 9.89. The van der Waals surface area contributed by atoms with Crippen LogP contribution in [0.15, 0.2) is 24.3 Å². The molecule has 11 amide bonds. The molecule has 13 N–H and O–H groups in total. The zero-order valence-corrected chi connectivity index (χ0v) is 40.6. The normalized spacial score (nSPS) is 23.4.